The molecule has 0 aliphatic heterocycles. The summed E-state index contributed by atoms with van der Waals surface area (Å²) in [5.74, 6) is 1.73. The topological polar surface area (TPSA) is 35.2 Å². The number of benzene rings is 2. The summed E-state index contributed by atoms with van der Waals surface area (Å²) in [6.07, 6.45) is 0.891. The van der Waals surface area contributed by atoms with Crippen molar-refractivity contribution >= 4 is 15.9 Å². The first-order valence-corrected chi connectivity index (χ1v) is 7.96. The van der Waals surface area contributed by atoms with Crippen LogP contribution in [0.25, 0.3) is 0 Å². The number of aryl methyl sites for hydroxylation is 3. The zero-order valence-electron chi connectivity index (χ0n) is 13.0. The third-order valence-electron chi connectivity index (χ3n) is 3.50. The van der Waals surface area contributed by atoms with Crippen LogP contribution in [0.5, 0.6) is 11.5 Å². The van der Waals surface area contributed by atoms with Crippen molar-refractivity contribution in [3.63, 3.8) is 0 Å². The average Bonchev–Trinajstić information content (AvgIpc) is 2.39. The van der Waals surface area contributed by atoms with Crippen molar-refractivity contribution in [3.8, 4) is 11.5 Å². The van der Waals surface area contributed by atoms with Gasteiger partial charge in [0.05, 0.1) is 0 Å². The lowest BCUT2D eigenvalue weighted by molar-refractivity contribution is 0.481. The molecule has 0 heterocycles. The second-order valence-corrected chi connectivity index (χ2v) is 6.54. The van der Waals surface area contributed by atoms with Gasteiger partial charge in [-0.25, -0.2) is 0 Å². The predicted octanol–water partition coefficient (Wildman–Crippen LogP) is 5.06. The first-order chi connectivity index (χ1) is 9.86. The maximum Gasteiger partial charge on any atom is 0.128 e. The van der Waals surface area contributed by atoms with Crippen LogP contribution < -0.4 is 10.5 Å². The minimum atomic E-state index is 0.173. The Bertz CT molecular complexity index is 627. The standard InChI is InChI=1S/C18H22BrNO/c1-11-7-16(6-5-15(11)10-14(4)20)21-17-8-12(2)18(19)13(3)9-17/h5-9,14H,10,20H2,1-4H3. The molecule has 2 N–H and O–H groups in total. The van der Waals surface area contributed by atoms with Crippen molar-refractivity contribution in [1.29, 1.82) is 0 Å². The lowest BCUT2D eigenvalue weighted by atomic mass is 10.0. The van der Waals surface area contributed by atoms with Crippen LogP contribution in [-0.2, 0) is 6.42 Å². The van der Waals surface area contributed by atoms with E-state index in [9.17, 15) is 0 Å². The van der Waals surface area contributed by atoms with Gasteiger partial charge >= 0.3 is 0 Å². The summed E-state index contributed by atoms with van der Waals surface area (Å²) in [5.41, 5.74) is 10.7. The van der Waals surface area contributed by atoms with Gasteiger partial charge in [-0.1, -0.05) is 22.0 Å². The van der Waals surface area contributed by atoms with E-state index in [4.69, 9.17) is 10.5 Å². The van der Waals surface area contributed by atoms with Crippen molar-refractivity contribution in [2.24, 2.45) is 5.73 Å². The predicted molar refractivity (Wildman–Crippen MR) is 92.2 cm³/mol. The second-order valence-electron chi connectivity index (χ2n) is 5.74. The number of rotatable bonds is 4. The van der Waals surface area contributed by atoms with Crippen LogP contribution in [0, 0.1) is 20.8 Å². The van der Waals surface area contributed by atoms with Gasteiger partial charge in [-0.3, -0.25) is 0 Å². The van der Waals surface area contributed by atoms with Crippen molar-refractivity contribution in [2.75, 3.05) is 0 Å². The molecular weight excluding hydrogens is 326 g/mol. The summed E-state index contributed by atoms with van der Waals surface area (Å²) in [6, 6.07) is 10.5. The maximum absolute atomic E-state index is 5.98. The maximum atomic E-state index is 5.98. The Labute approximate surface area is 135 Å². The average molecular weight is 348 g/mol. The third-order valence-corrected chi connectivity index (χ3v) is 4.75. The van der Waals surface area contributed by atoms with E-state index in [0.717, 1.165) is 22.4 Å². The lowest BCUT2D eigenvalue weighted by Gasteiger charge is -2.13. The van der Waals surface area contributed by atoms with Crippen LogP contribution in [0.15, 0.2) is 34.8 Å². The fourth-order valence-corrected chi connectivity index (χ4v) is 2.64. The van der Waals surface area contributed by atoms with Crippen molar-refractivity contribution in [3.05, 3.63) is 57.1 Å². The van der Waals surface area contributed by atoms with Gasteiger partial charge in [-0.2, -0.15) is 0 Å². The highest BCUT2D eigenvalue weighted by atomic mass is 79.9. The molecule has 0 fully saturated rings. The number of halogens is 1. The molecule has 1 unspecified atom stereocenters. The normalized spacial score (nSPS) is 12.3. The van der Waals surface area contributed by atoms with E-state index in [-0.39, 0.29) is 6.04 Å². The molecule has 2 rings (SSSR count). The molecule has 0 bridgehead atoms. The molecule has 2 nitrogen and oxygen atoms in total. The van der Waals surface area contributed by atoms with Crippen LogP contribution in [0.2, 0.25) is 0 Å². The highest BCUT2D eigenvalue weighted by Crippen LogP contribution is 2.30. The molecule has 1 atom stereocenters. The molecule has 0 aliphatic carbocycles. The van der Waals surface area contributed by atoms with Gasteiger partial charge in [-0.15, -0.1) is 0 Å². The van der Waals surface area contributed by atoms with Crippen LogP contribution in [-0.4, -0.2) is 6.04 Å². The fraction of sp³-hybridized carbons (Fsp3) is 0.333. The quantitative estimate of drug-likeness (QED) is 0.839. The van der Waals surface area contributed by atoms with Crippen LogP contribution in [0.4, 0.5) is 0 Å². The Morgan fingerprint density at radius 2 is 1.57 bits per heavy atom. The molecule has 2 aromatic rings. The lowest BCUT2D eigenvalue weighted by Crippen LogP contribution is -2.18. The van der Waals surface area contributed by atoms with Crippen LogP contribution in [0.3, 0.4) is 0 Å². The van der Waals surface area contributed by atoms with Gasteiger partial charge < -0.3 is 10.5 Å². The summed E-state index contributed by atoms with van der Waals surface area (Å²) >= 11 is 3.58. The highest BCUT2D eigenvalue weighted by molar-refractivity contribution is 9.10. The van der Waals surface area contributed by atoms with Gasteiger partial charge in [0, 0.05) is 10.5 Å². The van der Waals surface area contributed by atoms with Gasteiger partial charge in [0.15, 0.2) is 0 Å². The molecule has 0 saturated carbocycles. The number of hydrogen-bond donors (Lipinski definition) is 1. The van der Waals surface area contributed by atoms with E-state index in [2.05, 4.69) is 48.8 Å². The zero-order valence-corrected chi connectivity index (χ0v) is 14.6. The van der Waals surface area contributed by atoms with Gasteiger partial charge in [0.2, 0.25) is 0 Å². The SMILES string of the molecule is Cc1cc(Oc2cc(C)c(Br)c(C)c2)ccc1CC(C)N. The van der Waals surface area contributed by atoms with E-state index in [1.54, 1.807) is 0 Å². The van der Waals surface area contributed by atoms with Gasteiger partial charge in [-0.05, 0) is 80.6 Å². The van der Waals surface area contributed by atoms with E-state index < -0.39 is 0 Å². The Kier molecular flexibility index (Phi) is 5.07. The molecule has 0 aromatic heterocycles. The van der Waals surface area contributed by atoms with Crippen molar-refractivity contribution in [2.45, 2.75) is 40.2 Å². The molecule has 0 aliphatic rings. The van der Waals surface area contributed by atoms with Crippen LogP contribution >= 0.6 is 15.9 Å². The molecule has 0 amide bonds. The summed E-state index contributed by atoms with van der Waals surface area (Å²) in [6.45, 7) is 8.27. The van der Waals surface area contributed by atoms with E-state index in [1.165, 1.54) is 22.3 Å². The minimum absolute atomic E-state index is 0.173. The smallest absolute Gasteiger partial charge is 0.128 e. The number of hydrogen-bond acceptors (Lipinski definition) is 2. The highest BCUT2D eigenvalue weighted by Gasteiger charge is 2.07. The molecule has 112 valence electrons. The van der Waals surface area contributed by atoms with Gasteiger partial charge in [0.1, 0.15) is 11.5 Å². The minimum Gasteiger partial charge on any atom is -0.457 e. The van der Waals surface area contributed by atoms with Gasteiger partial charge in [0.25, 0.3) is 0 Å². The van der Waals surface area contributed by atoms with Crippen molar-refractivity contribution in [1.82, 2.24) is 0 Å². The summed E-state index contributed by atoms with van der Waals surface area (Å²) in [4.78, 5) is 0. The first-order valence-electron chi connectivity index (χ1n) is 7.16. The third kappa shape index (κ3) is 4.08. The Balaban J connectivity index is 2.22. The molecule has 0 saturated heterocycles. The summed E-state index contributed by atoms with van der Waals surface area (Å²) < 4.78 is 7.12. The zero-order chi connectivity index (χ0) is 15.6. The van der Waals surface area contributed by atoms with E-state index >= 15 is 0 Å². The molecule has 2 aromatic carbocycles. The summed E-state index contributed by atoms with van der Waals surface area (Å²) in [5, 5.41) is 0. The Morgan fingerprint density at radius 1 is 1.00 bits per heavy atom. The molecule has 0 radical (unpaired) electrons. The fourth-order valence-electron chi connectivity index (χ4n) is 2.41. The molecule has 21 heavy (non-hydrogen) atoms. The molecule has 3 heteroatoms. The number of nitrogens with two attached hydrogens (primary N) is 1. The van der Waals surface area contributed by atoms with E-state index in [1.807, 2.05) is 25.1 Å². The largest absolute Gasteiger partial charge is 0.457 e. The monoisotopic (exact) mass is 347 g/mol. The van der Waals surface area contributed by atoms with Crippen molar-refractivity contribution < 1.29 is 4.74 Å². The first kappa shape index (κ1) is 16.1. The number of ether oxygens (including phenoxy) is 1. The molecular formula is C18H22BrNO. The summed E-state index contributed by atoms with van der Waals surface area (Å²) in [7, 11) is 0. The Hall–Kier alpha value is -1.32. The Morgan fingerprint density at radius 3 is 2.10 bits per heavy atom. The second kappa shape index (κ2) is 6.63. The van der Waals surface area contributed by atoms with Crippen LogP contribution in [0.1, 0.15) is 29.2 Å². The molecule has 0 spiro atoms. The van der Waals surface area contributed by atoms with E-state index in [0.29, 0.717) is 0 Å².